The molecule has 0 aromatic heterocycles. The number of benzene rings is 1. The molecule has 3 rings (SSSR count). The molecule has 0 unspecified atom stereocenters. The van der Waals surface area contributed by atoms with Crippen LogP contribution in [0, 0.1) is 0 Å². The first kappa shape index (κ1) is 16.8. The summed E-state index contributed by atoms with van der Waals surface area (Å²) in [6.45, 7) is 15.6. The molecule has 2 aliphatic rings. The predicted octanol–water partition coefficient (Wildman–Crippen LogP) is 3.59. The normalized spacial score (nSPS) is 26.3. The molecule has 1 saturated heterocycles. The van der Waals surface area contributed by atoms with Gasteiger partial charge in [-0.3, -0.25) is 0 Å². The first-order valence-corrected chi connectivity index (χ1v) is 8.99. The maximum atomic E-state index is 5.95. The molecule has 128 valence electrons. The van der Waals surface area contributed by atoms with Crippen LogP contribution in [0.25, 0.3) is 0 Å². The Morgan fingerprint density at radius 3 is 2.35 bits per heavy atom. The van der Waals surface area contributed by atoms with Gasteiger partial charge in [-0.15, -0.1) is 0 Å². The van der Waals surface area contributed by atoms with Crippen molar-refractivity contribution in [3.05, 3.63) is 28.8 Å². The lowest BCUT2D eigenvalue weighted by atomic mass is 9.83. The number of fused-ring (bicyclic) bond motifs is 1. The molecule has 0 radical (unpaired) electrons. The summed E-state index contributed by atoms with van der Waals surface area (Å²) < 4.78 is 5.95. The minimum atomic E-state index is 0.184. The molecule has 2 heterocycles. The van der Waals surface area contributed by atoms with Crippen molar-refractivity contribution in [3.8, 4) is 0 Å². The summed E-state index contributed by atoms with van der Waals surface area (Å²) in [5.41, 5.74) is 6.19. The van der Waals surface area contributed by atoms with Crippen molar-refractivity contribution in [2.45, 2.75) is 65.2 Å². The number of nitrogens with zero attached hydrogens (tertiary/aromatic N) is 2. The van der Waals surface area contributed by atoms with Gasteiger partial charge in [-0.2, -0.15) is 0 Å². The lowest BCUT2D eigenvalue weighted by Crippen LogP contribution is -2.46. The van der Waals surface area contributed by atoms with Crippen molar-refractivity contribution in [3.63, 3.8) is 0 Å². The SMILES string of the molecule is C[C@@H]1CN(c2cc(C(C)(C)C)cc3c2CCN(C)C3)C[C@H](C)O1. The third-order valence-corrected chi connectivity index (χ3v) is 5.13. The molecular formula is C20H32N2O. The van der Waals surface area contributed by atoms with Crippen molar-refractivity contribution >= 4 is 5.69 Å². The second kappa shape index (κ2) is 6.10. The van der Waals surface area contributed by atoms with Gasteiger partial charge < -0.3 is 14.5 Å². The maximum Gasteiger partial charge on any atom is 0.0726 e. The zero-order valence-corrected chi connectivity index (χ0v) is 15.6. The molecule has 0 spiro atoms. The van der Waals surface area contributed by atoms with E-state index in [-0.39, 0.29) is 5.41 Å². The molecule has 3 heteroatoms. The van der Waals surface area contributed by atoms with Gasteiger partial charge in [0.15, 0.2) is 0 Å². The number of rotatable bonds is 1. The highest BCUT2D eigenvalue weighted by Gasteiger charge is 2.28. The second-order valence-corrected chi connectivity index (χ2v) is 8.53. The van der Waals surface area contributed by atoms with E-state index in [2.05, 4.69) is 63.6 Å². The van der Waals surface area contributed by atoms with Crippen LogP contribution in [0.15, 0.2) is 12.1 Å². The number of anilines is 1. The number of hydrogen-bond acceptors (Lipinski definition) is 3. The number of hydrogen-bond donors (Lipinski definition) is 0. The molecular weight excluding hydrogens is 284 g/mol. The van der Waals surface area contributed by atoms with Crippen LogP contribution >= 0.6 is 0 Å². The smallest absolute Gasteiger partial charge is 0.0726 e. The first-order valence-electron chi connectivity index (χ1n) is 8.99. The topological polar surface area (TPSA) is 15.7 Å². The highest BCUT2D eigenvalue weighted by Crippen LogP contribution is 2.36. The van der Waals surface area contributed by atoms with Gasteiger partial charge in [0.05, 0.1) is 12.2 Å². The summed E-state index contributed by atoms with van der Waals surface area (Å²) in [4.78, 5) is 5.00. The molecule has 0 bridgehead atoms. The fourth-order valence-corrected chi connectivity index (χ4v) is 3.91. The van der Waals surface area contributed by atoms with Crippen LogP contribution in [-0.4, -0.2) is 43.8 Å². The third kappa shape index (κ3) is 3.56. The molecule has 1 aromatic rings. The summed E-state index contributed by atoms with van der Waals surface area (Å²) in [5, 5.41) is 0. The van der Waals surface area contributed by atoms with Crippen LogP contribution < -0.4 is 4.90 Å². The molecule has 0 N–H and O–H groups in total. The summed E-state index contributed by atoms with van der Waals surface area (Å²) in [6, 6.07) is 4.90. The summed E-state index contributed by atoms with van der Waals surface area (Å²) in [6.07, 6.45) is 1.77. The highest BCUT2D eigenvalue weighted by atomic mass is 16.5. The maximum absolute atomic E-state index is 5.95. The zero-order valence-electron chi connectivity index (χ0n) is 15.6. The van der Waals surface area contributed by atoms with Gasteiger partial charge in [-0.05, 0) is 55.5 Å². The summed E-state index contributed by atoms with van der Waals surface area (Å²) >= 11 is 0. The van der Waals surface area contributed by atoms with Crippen LogP contribution in [0.1, 0.15) is 51.3 Å². The minimum Gasteiger partial charge on any atom is -0.372 e. The fraction of sp³-hybridized carbons (Fsp3) is 0.700. The number of likely N-dealkylation sites (N-methyl/N-ethyl adjacent to an activating group) is 1. The first-order chi connectivity index (χ1) is 10.7. The van der Waals surface area contributed by atoms with Gasteiger partial charge >= 0.3 is 0 Å². The van der Waals surface area contributed by atoms with Gasteiger partial charge in [0.1, 0.15) is 0 Å². The van der Waals surface area contributed by atoms with E-state index in [0.717, 1.165) is 32.6 Å². The van der Waals surface area contributed by atoms with Crippen molar-refractivity contribution in [2.75, 3.05) is 31.6 Å². The Hall–Kier alpha value is -1.06. The van der Waals surface area contributed by atoms with Crippen LogP contribution in [0.4, 0.5) is 5.69 Å². The van der Waals surface area contributed by atoms with Crippen molar-refractivity contribution in [1.29, 1.82) is 0 Å². The Bertz CT molecular complexity index is 566. The Balaban J connectivity index is 2.05. The van der Waals surface area contributed by atoms with Gasteiger partial charge in [0.25, 0.3) is 0 Å². The van der Waals surface area contributed by atoms with E-state index in [1.54, 1.807) is 5.56 Å². The monoisotopic (exact) mass is 316 g/mol. The Morgan fingerprint density at radius 2 is 1.74 bits per heavy atom. The summed E-state index contributed by atoms with van der Waals surface area (Å²) in [5.74, 6) is 0. The minimum absolute atomic E-state index is 0.184. The van der Waals surface area contributed by atoms with Gasteiger partial charge in [-0.1, -0.05) is 26.8 Å². The van der Waals surface area contributed by atoms with E-state index in [1.807, 2.05) is 0 Å². The van der Waals surface area contributed by atoms with Crippen LogP contribution in [0.3, 0.4) is 0 Å². The van der Waals surface area contributed by atoms with Gasteiger partial charge in [0.2, 0.25) is 0 Å². The van der Waals surface area contributed by atoms with E-state index in [1.165, 1.54) is 16.8 Å². The van der Waals surface area contributed by atoms with Crippen LogP contribution in [0.5, 0.6) is 0 Å². The predicted molar refractivity (Wildman–Crippen MR) is 97.4 cm³/mol. The Kier molecular flexibility index (Phi) is 4.45. The fourth-order valence-electron chi connectivity index (χ4n) is 3.91. The van der Waals surface area contributed by atoms with Crippen molar-refractivity contribution in [1.82, 2.24) is 4.90 Å². The average Bonchev–Trinajstić information content (AvgIpc) is 2.43. The van der Waals surface area contributed by atoms with Gasteiger partial charge in [-0.25, -0.2) is 0 Å². The Morgan fingerprint density at radius 1 is 1.09 bits per heavy atom. The second-order valence-electron chi connectivity index (χ2n) is 8.53. The van der Waals surface area contributed by atoms with Gasteiger partial charge in [0, 0.05) is 31.9 Å². The molecule has 0 aliphatic carbocycles. The molecule has 0 saturated carbocycles. The Labute approximate surface area is 141 Å². The molecule has 1 aromatic carbocycles. The van der Waals surface area contributed by atoms with Crippen LogP contribution in [-0.2, 0) is 23.1 Å². The molecule has 3 nitrogen and oxygen atoms in total. The average molecular weight is 316 g/mol. The van der Waals surface area contributed by atoms with E-state index in [0.29, 0.717) is 12.2 Å². The lowest BCUT2D eigenvalue weighted by Gasteiger charge is -2.40. The molecule has 0 amide bonds. The molecule has 2 aliphatic heterocycles. The largest absolute Gasteiger partial charge is 0.372 e. The standard InChI is InChI=1S/C20H32N2O/c1-14-11-22(12-15(2)23-14)19-10-17(20(3,4)5)9-16-13-21(6)8-7-18(16)19/h9-10,14-15H,7-8,11-13H2,1-6H3/t14-,15+. The zero-order chi connectivity index (χ0) is 16.8. The number of morpholine rings is 1. The molecule has 1 fully saturated rings. The lowest BCUT2D eigenvalue weighted by molar-refractivity contribution is -0.00529. The quantitative estimate of drug-likeness (QED) is 0.787. The van der Waals surface area contributed by atoms with Crippen LogP contribution in [0.2, 0.25) is 0 Å². The van der Waals surface area contributed by atoms with E-state index in [9.17, 15) is 0 Å². The van der Waals surface area contributed by atoms with E-state index in [4.69, 9.17) is 4.74 Å². The van der Waals surface area contributed by atoms with E-state index >= 15 is 0 Å². The number of ether oxygens (including phenoxy) is 1. The van der Waals surface area contributed by atoms with Crippen molar-refractivity contribution in [2.24, 2.45) is 0 Å². The summed E-state index contributed by atoms with van der Waals surface area (Å²) in [7, 11) is 2.23. The third-order valence-electron chi connectivity index (χ3n) is 5.13. The highest BCUT2D eigenvalue weighted by molar-refractivity contribution is 5.61. The molecule has 23 heavy (non-hydrogen) atoms. The van der Waals surface area contributed by atoms with E-state index < -0.39 is 0 Å². The van der Waals surface area contributed by atoms with Crippen molar-refractivity contribution < 1.29 is 4.74 Å². The molecule has 2 atom stereocenters.